The maximum atomic E-state index is 12.9. The summed E-state index contributed by atoms with van der Waals surface area (Å²) < 4.78 is 12.4. The lowest BCUT2D eigenvalue weighted by atomic mass is 10.1. The molecule has 1 aromatic heterocycles. The lowest BCUT2D eigenvalue weighted by molar-refractivity contribution is -0.385. The van der Waals surface area contributed by atoms with Crippen molar-refractivity contribution in [3.05, 3.63) is 52.1 Å². The van der Waals surface area contributed by atoms with Crippen molar-refractivity contribution >= 4 is 28.6 Å². The molecule has 0 aliphatic heterocycles. The second kappa shape index (κ2) is 7.95. The summed E-state index contributed by atoms with van der Waals surface area (Å²) in [5, 5.41) is 14.2. The molecule has 9 nitrogen and oxygen atoms in total. The molecule has 0 bridgehead atoms. The van der Waals surface area contributed by atoms with Gasteiger partial charge in [0.25, 0.3) is 11.6 Å². The zero-order valence-electron chi connectivity index (χ0n) is 15.8. The zero-order valence-corrected chi connectivity index (χ0v) is 15.8. The van der Waals surface area contributed by atoms with Gasteiger partial charge in [-0.05, 0) is 26.0 Å². The Bertz CT molecular complexity index is 1040. The average molecular weight is 384 g/mol. The van der Waals surface area contributed by atoms with Gasteiger partial charge >= 0.3 is 0 Å². The molecular weight excluding hydrogens is 364 g/mol. The molecule has 0 saturated carbocycles. The molecule has 0 unspecified atom stereocenters. The van der Waals surface area contributed by atoms with E-state index >= 15 is 0 Å². The van der Waals surface area contributed by atoms with Gasteiger partial charge in [0.05, 0.1) is 35.7 Å². The lowest BCUT2D eigenvalue weighted by Gasteiger charge is -2.12. The molecule has 0 atom stereocenters. The summed E-state index contributed by atoms with van der Waals surface area (Å²) in [5.74, 6) is 0.104. The lowest BCUT2D eigenvalue weighted by Crippen LogP contribution is -2.17. The number of aromatic nitrogens is 2. The number of carbonyl (C=O) groups excluding carboxylic acids is 1. The van der Waals surface area contributed by atoms with Crippen molar-refractivity contribution in [3.8, 4) is 11.5 Å². The first-order valence-electron chi connectivity index (χ1n) is 8.75. The SMILES string of the molecule is CCOc1cc(C(=O)Nc2nc3ccccc3n2CC)c([N+](=O)[O-])cc1OC. The van der Waals surface area contributed by atoms with Crippen LogP contribution in [-0.4, -0.2) is 34.1 Å². The summed E-state index contributed by atoms with van der Waals surface area (Å²) in [6.07, 6.45) is 0. The Morgan fingerprint density at radius 3 is 2.64 bits per heavy atom. The van der Waals surface area contributed by atoms with Crippen molar-refractivity contribution in [2.24, 2.45) is 0 Å². The van der Waals surface area contributed by atoms with Crippen molar-refractivity contribution in [1.29, 1.82) is 0 Å². The Hall–Kier alpha value is -3.62. The highest BCUT2D eigenvalue weighted by atomic mass is 16.6. The molecule has 3 aromatic rings. The van der Waals surface area contributed by atoms with E-state index in [2.05, 4.69) is 10.3 Å². The number of hydrogen-bond donors (Lipinski definition) is 1. The molecule has 146 valence electrons. The highest BCUT2D eigenvalue weighted by Crippen LogP contribution is 2.35. The number of carbonyl (C=O) groups is 1. The number of nitro groups is 1. The molecule has 0 radical (unpaired) electrons. The van der Waals surface area contributed by atoms with Gasteiger partial charge in [0.15, 0.2) is 11.5 Å². The molecule has 2 aromatic carbocycles. The van der Waals surface area contributed by atoms with Gasteiger partial charge in [-0.3, -0.25) is 20.2 Å². The predicted octanol–water partition coefficient (Wildman–Crippen LogP) is 3.62. The third kappa shape index (κ3) is 3.46. The molecule has 0 spiro atoms. The zero-order chi connectivity index (χ0) is 20.3. The molecule has 0 fully saturated rings. The summed E-state index contributed by atoms with van der Waals surface area (Å²) >= 11 is 0. The van der Waals surface area contributed by atoms with E-state index in [1.165, 1.54) is 19.2 Å². The maximum absolute atomic E-state index is 12.9. The van der Waals surface area contributed by atoms with Gasteiger partial charge in [0, 0.05) is 12.6 Å². The number of hydrogen-bond acceptors (Lipinski definition) is 6. The Kier molecular flexibility index (Phi) is 5.44. The van der Waals surface area contributed by atoms with Crippen molar-refractivity contribution < 1.29 is 19.2 Å². The molecule has 0 saturated heterocycles. The van der Waals surface area contributed by atoms with Crippen molar-refractivity contribution in [3.63, 3.8) is 0 Å². The summed E-state index contributed by atoms with van der Waals surface area (Å²) in [5.41, 5.74) is 1.07. The number of imidazole rings is 1. The highest BCUT2D eigenvalue weighted by molar-refractivity contribution is 6.07. The molecule has 1 N–H and O–H groups in total. The molecule has 1 amide bonds. The second-order valence-corrected chi connectivity index (χ2v) is 5.83. The molecule has 1 heterocycles. The normalized spacial score (nSPS) is 10.7. The van der Waals surface area contributed by atoms with Gasteiger partial charge in [-0.2, -0.15) is 0 Å². The number of benzene rings is 2. The van der Waals surface area contributed by atoms with E-state index in [1.807, 2.05) is 35.8 Å². The first kappa shape index (κ1) is 19.2. The summed E-state index contributed by atoms with van der Waals surface area (Å²) in [7, 11) is 1.38. The van der Waals surface area contributed by atoms with Crippen LogP contribution >= 0.6 is 0 Å². The summed E-state index contributed by atoms with van der Waals surface area (Å²) in [6, 6.07) is 9.95. The van der Waals surface area contributed by atoms with Crippen LogP contribution in [0.2, 0.25) is 0 Å². The van der Waals surface area contributed by atoms with Gasteiger partial charge in [-0.1, -0.05) is 12.1 Å². The van der Waals surface area contributed by atoms with Crippen molar-refractivity contribution in [2.75, 3.05) is 19.0 Å². The van der Waals surface area contributed by atoms with E-state index in [1.54, 1.807) is 6.92 Å². The van der Waals surface area contributed by atoms with Gasteiger partial charge in [0.2, 0.25) is 5.95 Å². The number of ether oxygens (including phenoxy) is 2. The first-order valence-corrected chi connectivity index (χ1v) is 8.75. The minimum atomic E-state index is -0.652. The number of anilines is 1. The number of amides is 1. The molecule has 3 rings (SSSR count). The van der Waals surface area contributed by atoms with Gasteiger partial charge in [-0.15, -0.1) is 0 Å². The fourth-order valence-corrected chi connectivity index (χ4v) is 2.97. The fraction of sp³-hybridized carbons (Fsp3) is 0.263. The molecule has 28 heavy (non-hydrogen) atoms. The number of nitrogens with one attached hydrogen (secondary N) is 1. The van der Waals surface area contributed by atoms with Crippen LogP contribution in [0.4, 0.5) is 11.6 Å². The van der Waals surface area contributed by atoms with Crippen molar-refractivity contribution in [1.82, 2.24) is 9.55 Å². The van der Waals surface area contributed by atoms with E-state index in [0.29, 0.717) is 19.1 Å². The third-order valence-corrected chi connectivity index (χ3v) is 4.22. The maximum Gasteiger partial charge on any atom is 0.286 e. The summed E-state index contributed by atoms with van der Waals surface area (Å²) in [6.45, 7) is 4.59. The number of aryl methyl sites for hydroxylation is 1. The van der Waals surface area contributed by atoms with Crippen molar-refractivity contribution in [2.45, 2.75) is 20.4 Å². The standard InChI is InChI=1S/C19H20N4O5/c1-4-22-14-9-7-6-8-13(14)20-19(22)21-18(24)12-10-17(28-5-2)16(27-3)11-15(12)23(25)26/h6-11H,4-5H2,1-3H3,(H,20,21,24). The first-order chi connectivity index (χ1) is 13.5. The van der Waals surface area contributed by atoms with E-state index in [-0.39, 0.29) is 22.7 Å². The topological polar surface area (TPSA) is 109 Å². The van der Waals surface area contributed by atoms with Crippen LogP contribution < -0.4 is 14.8 Å². The Morgan fingerprint density at radius 2 is 2.00 bits per heavy atom. The van der Waals surface area contributed by atoms with E-state index in [4.69, 9.17) is 9.47 Å². The van der Waals surface area contributed by atoms with Crippen LogP contribution in [-0.2, 0) is 6.54 Å². The van der Waals surface area contributed by atoms with E-state index < -0.39 is 10.8 Å². The van der Waals surface area contributed by atoms with E-state index in [9.17, 15) is 14.9 Å². The fourth-order valence-electron chi connectivity index (χ4n) is 2.97. The van der Waals surface area contributed by atoms with Crippen LogP contribution in [0.1, 0.15) is 24.2 Å². The van der Waals surface area contributed by atoms with Crippen LogP contribution in [0.25, 0.3) is 11.0 Å². The number of nitro benzene ring substituents is 1. The monoisotopic (exact) mass is 384 g/mol. The number of fused-ring (bicyclic) bond motifs is 1. The highest BCUT2D eigenvalue weighted by Gasteiger charge is 2.26. The smallest absolute Gasteiger partial charge is 0.286 e. The minimum absolute atomic E-state index is 0.135. The number of para-hydroxylation sites is 2. The minimum Gasteiger partial charge on any atom is -0.493 e. The predicted molar refractivity (Wildman–Crippen MR) is 104 cm³/mol. The van der Waals surface area contributed by atoms with Crippen LogP contribution in [0.5, 0.6) is 11.5 Å². The Labute approximate surface area is 161 Å². The van der Waals surface area contributed by atoms with Crippen LogP contribution in [0, 0.1) is 10.1 Å². The number of methoxy groups -OCH3 is 1. The number of nitrogens with zero attached hydrogens (tertiary/aromatic N) is 3. The van der Waals surface area contributed by atoms with Gasteiger partial charge < -0.3 is 14.0 Å². The molecule has 0 aliphatic rings. The quantitative estimate of drug-likeness (QED) is 0.492. The second-order valence-electron chi connectivity index (χ2n) is 5.83. The Balaban J connectivity index is 2.05. The molecular formula is C19H20N4O5. The van der Waals surface area contributed by atoms with Crippen LogP contribution in [0.15, 0.2) is 36.4 Å². The summed E-state index contributed by atoms with van der Waals surface area (Å²) in [4.78, 5) is 28.2. The Morgan fingerprint density at radius 1 is 1.25 bits per heavy atom. The largest absolute Gasteiger partial charge is 0.493 e. The molecule has 0 aliphatic carbocycles. The van der Waals surface area contributed by atoms with Gasteiger partial charge in [-0.25, -0.2) is 4.98 Å². The molecule has 9 heteroatoms. The number of rotatable bonds is 7. The third-order valence-electron chi connectivity index (χ3n) is 4.22. The van der Waals surface area contributed by atoms with Crippen LogP contribution in [0.3, 0.4) is 0 Å². The van der Waals surface area contributed by atoms with E-state index in [0.717, 1.165) is 11.0 Å². The van der Waals surface area contributed by atoms with Gasteiger partial charge in [0.1, 0.15) is 5.56 Å². The average Bonchev–Trinajstić information content (AvgIpc) is 3.04.